The molecule has 0 aromatic heterocycles. The molecule has 1 aromatic rings. The molecule has 1 rings (SSSR count). The van der Waals surface area contributed by atoms with Crippen molar-refractivity contribution < 1.29 is 9.18 Å². The lowest BCUT2D eigenvalue weighted by Crippen LogP contribution is -2.02. The molecule has 1 amide bonds. The van der Waals surface area contributed by atoms with E-state index in [9.17, 15) is 9.18 Å². The maximum atomic E-state index is 13.7. The molecule has 0 unspecified atom stereocenters. The minimum atomic E-state index is -0.422. The Balaban J connectivity index is 2.87. The maximum Gasteiger partial charge on any atom is 0.211 e. The van der Waals surface area contributed by atoms with E-state index in [1.165, 1.54) is 6.07 Å². The van der Waals surface area contributed by atoms with E-state index in [0.29, 0.717) is 17.8 Å². The van der Waals surface area contributed by atoms with Crippen LogP contribution in [0.3, 0.4) is 0 Å². The van der Waals surface area contributed by atoms with E-state index >= 15 is 0 Å². The van der Waals surface area contributed by atoms with Crippen molar-refractivity contribution in [2.75, 3.05) is 17.7 Å². The number of nitrogens with zero attached hydrogens (tertiary/aromatic N) is 1. The first-order valence-electron chi connectivity index (χ1n) is 5.59. The fourth-order valence-corrected chi connectivity index (χ4v) is 1.36. The van der Waals surface area contributed by atoms with Crippen LogP contribution in [0.5, 0.6) is 0 Å². The van der Waals surface area contributed by atoms with Crippen LogP contribution in [0, 0.1) is 5.82 Å². The van der Waals surface area contributed by atoms with Crippen molar-refractivity contribution in [3.8, 4) is 0 Å². The average molecular weight is 249 g/mol. The van der Waals surface area contributed by atoms with Crippen LogP contribution in [0.15, 0.2) is 35.0 Å². The summed E-state index contributed by atoms with van der Waals surface area (Å²) in [4.78, 5) is 14.1. The van der Waals surface area contributed by atoms with Gasteiger partial charge in [-0.2, -0.15) is 0 Å². The van der Waals surface area contributed by atoms with Gasteiger partial charge in [-0.25, -0.2) is 4.39 Å². The summed E-state index contributed by atoms with van der Waals surface area (Å²) in [6.07, 6.45) is 4.68. The van der Waals surface area contributed by atoms with Crippen molar-refractivity contribution in [1.82, 2.24) is 0 Å². The van der Waals surface area contributed by atoms with Crippen LogP contribution in [0.1, 0.15) is 13.3 Å². The van der Waals surface area contributed by atoms with Crippen molar-refractivity contribution in [1.29, 1.82) is 0 Å². The third-order valence-electron chi connectivity index (χ3n) is 2.30. The maximum absolute atomic E-state index is 13.7. The van der Waals surface area contributed by atoms with Gasteiger partial charge in [0.05, 0.1) is 5.69 Å². The molecule has 0 aliphatic heterocycles. The average Bonchev–Trinajstić information content (AvgIpc) is 2.37. The van der Waals surface area contributed by atoms with Gasteiger partial charge in [-0.15, -0.1) is 0 Å². The summed E-state index contributed by atoms with van der Waals surface area (Å²) in [6, 6.07) is 4.46. The van der Waals surface area contributed by atoms with Gasteiger partial charge in [0.2, 0.25) is 6.41 Å². The molecule has 18 heavy (non-hydrogen) atoms. The van der Waals surface area contributed by atoms with E-state index in [1.807, 2.05) is 6.92 Å². The molecule has 0 bridgehead atoms. The number of aliphatic imine (C=N–C) groups is 1. The number of allylic oxidation sites excluding steroid dienone is 2. The number of anilines is 2. The minimum absolute atomic E-state index is 0.365. The van der Waals surface area contributed by atoms with E-state index in [4.69, 9.17) is 0 Å². The Morgan fingerprint density at radius 2 is 2.28 bits per heavy atom. The second kappa shape index (κ2) is 7.21. The Kier molecular flexibility index (Phi) is 5.57. The van der Waals surface area contributed by atoms with Gasteiger partial charge in [0.25, 0.3) is 0 Å². The topological polar surface area (TPSA) is 53.5 Å². The summed E-state index contributed by atoms with van der Waals surface area (Å²) in [5.74, 6) is -0.422. The molecule has 1 aromatic carbocycles. The molecule has 0 atom stereocenters. The fourth-order valence-electron chi connectivity index (χ4n) is 1.36. The highest BCUT2D eigenvalue weighted by Crippen LogP contribution is 2.20. The number of benzene rings is 1. The van der Waals surface area contributed by atoms with Crippen LogP contribution in [0.2, 0.25) is 0 Å². The number of carbonyl (C=O) groups is 1. The molecule has 0 fully saturated rings. The van der Waals surface area contributed by atoms with Crippen molar-refractivity contribution in [2.24, 2.45) is 4.99 Å². The summed E-state index contributed by atoms with van der Waals surface area (Å²) in [5, 5.41) is 5.37. The lowest BCUT2D eigenvalue weighted by atomic mass is 10.2. The van der Waals surface area contributed by atoms with Gasteiger partial charge in [-0.3, -0.25) is 9.79 Å². The van der Waals surface area contributed by atoms with Crippen molar-refractivity contribution in [3.05, 3.63) is 35.8 Å². The summed E-state index contributed by atoms with van der Waals surface area (Å²) in [6.45, 7) is 1.96. The van der Waals surface area contributed by atoms with Crippen molar-refractivity contribution >= 4 is 24.0 Å². The van der Waals surface area contributed by atoms with E-state index in [1.54, 1.807) is 31.5 Å². The first-order valence-corrected chi connectivity index (χ1v) is 5.59. The monoisotopic (exact) mass is 249 g/mol. The lowest BCUT2D eigenvalue weighted by molar-refractivity contribution is -0.105. The quantitative estimate of drug-likeness (QED) is 0.601. The Morgan fingerprint density at radius 3 is 2.83 bits per heavy atom. The number of hydrogen-bond donors (Lipinski definition) is 2. The van der Waals surface area contributed by atoms with Gasteiger partial charge in [0.15, 0.2) is 0 Å². The van der Waals surface area contributed by atoms with Gasteiger partial charge in [0.1, 0.15) is 5.82 Å². The first-order chi connectivity index (χ1) is 8.71. The second-order valence-corrected chi connectivity index (χ2v) is 3.53. The summed E-state index contributed by atoms with van der Waals surface area (Å²) >= 11 is 0. The molecular weight excluding hydrogens is 233 g/mol. The summed E-state index contributed by atoms with van der Waals surface area (Å²) < 4.78 is 13.7. The smallest absolute Gasteiger partial charge is 0.211 e. The summed E-state index contributed by atoms with van der Waals surface area (Å²) in [7, 11) is 1.67. The molecule has 2 N–H and O–H groups in total. The second-order valence-electron chi connectivity index (χ2n) is 3.53. The minimum Gasteiger partial charge on any atom is -0.356 e. The number of carbonyl (C=O) groups excluding carboxylic acids is 1. The molecule has 0 heterocycles. The van der Waals surface area contributed by atoms with Crippen LogP contribution in [0.4, 0.5) is 15.8 Å². The molecule has 0 saturated heterocycles. The zero-order valence-electron chi connectivity index (χ0n) is 10.4. The van der Waals surface area contributed by atoms with Crippen LogP contribution in [0.25, 0.3) is 0 Å². The zero-order chi connectivity index (χ0) is 13.4. The fraction of sp³-hybridized carbons (Fsp3) is 0.231. The molecular formula is C13H16FN3O. The lowest BCUT2D eigenvalue weighted by Gasteiger charge is -2.10. The predicted octanol–water partition coefficient (Wildman–Crippen LogP) is 2.80. The number of amides is 1. The van der Waals surface area contributed by atoms with Gasteiger partial charge in [-0.1, -0.05) is 6.92 Å². The largest absolute Gasteiger partial charge is 0.356 e. The first kappa shape index (κ1) is 13.9. The molecule has 4 nitrogen and oxygen atoms in total. The Labute approximate surface area is 106 Å². The van der Waals surface area contributed by atoms with E-state index < -0.39 is 5.82 Å². The highest BCUT2D eigenvalue weighted by atomic mass is 19.1. The van der Waals surface area contributed by atoms with Gasteiger partial charge in [-0.05, 0) is 30.7 Å². The Hall–Kier alpha value is -2.17. The van der Waals surface area contributed by atoms with E-state index in [2.05, 4.69) is 15.6 Å². The van der Waals surface area contributed by atoms with E-state index in [-0.39, 0.29) is 0 Å². The number of rotatable bonds is 6. The van der Waals surface area contributed by atoms with Crippen LogP contribution < -0.4 is 10.6 Å². The Bertz CT molecular complexity index is 469. The third-order valence-corrected chi connectivity index (χ3v) is 2.30. The van der Waals surface area contributed by atoms with Crippen LogP contribution >= 0.6 is 0 Å². The normalized spacial score (nSPS) is 11.6. The molecule has 0 aliphatic carbocycles. The molecule has 0 spiro atoms. The molecule has 0 radical (unpaired) electrons. The van der Waals surface area contributed by atoms with Crippen LogP contribution in [-0.2, 0) is 4.79 Å². The predicted molar refractivity (Wildman–Crippen MR) is 72.5 cm³/mol. The number of halogens is 1. The van der Waals surface area contributed by atoms with Gasteiger partial charge < -0.3 is 10.6 Å². The van der Waals surface area contributed by atoms with Crippen molar-refractivity contribution in [3.63, 3.8) is 0 Å². The van der Waals surface area contributed by atoms with Gasteiger partial charge >= 0.3 is 0 Å². The molecule has 0 saturated carbocycles. The van der Waals surface area contributed by atoms with Gasteiger partial charge in [0, 0.05) is 24.6 Å². The third kappa shape index (κ3) is 4.01. The van der Waals surface area contributed by atoms with Crippen molar-refractivity contribution in [2.45, 2.75) is 13.3 Å². The zero-order valence-corrected chi connectivity index (χ0v) is 10.4. The molecule has 0 aliphatic rings. The molecule has 5 heteroatoms. The van der Waals surface area contributed by atoms with E-state index in [0.717, 1.165) is 12.1 Å². The Morgan fingerprint density at radius 1 is 1.50 bits per heavy atom. The highest BCUT2D eigenvalue weighted by molar-refractivity contribution is 5.74. The summed E-state index contributed by atoms with van der Waals surface area (Å²) in [5.41, 5.74) is 1.64. The number of hydrogen-bond acceptors (Lipinski definition) is 3. The molecule has 96 valence electrons. The standard InChI is InChI=1S/C13H16FN3O/c1-3-10(6-7-15-2)17-13-5-4-11(16-9-18)8-12(13)14/h4-9,17H,3H2,1-2H3,(H,16,18)/b10-6+,15-7?. The highest BCUT2D eigenvalue weighted by Gasteiger charge is 2.04. The SMILES string of the molecule is CC/C(=C\C=NC)Nc1ccc(NC=O)cc1F. The van der Waals surface area contributed by atoms with Crippen LogP contribution in [-0.4, -0.2) is 19.7 Å². The number of nitrogens with one attached hydrogen (secondary N) is 2.